The number of rotatable bonds is 8. The Morgan fingerprint density at radius 2 is 1.69 bits per heavy atom. The maximum Gasteiger partial charge on any atom is 0.303 e. The van der Waals surface area contributed by atoms with E-state index in [1.165, 1.54) is 0 Å². The number of aromatic nitrogens is 4. The molecular formula is C27H33N5O4. The van der Waals surface area contributed by atoms with Crippen molar-refractivity contribution < 1.29 is 19.4 Å². The van der Waals surface area contributed by atoms with Crippen LogP contribution in [0.4, 0.5) is 5.82 Å². The van der Waals surface area contributed by atoms with Gasteiger partial charge in [-0.25, -0.2) is 9.97 Å². The molecule has 0 bridgehead atoms. The van der Waals surface area contributed by atoms with Gasteiger partial charge in [-0.15, -0.1) is 0 Å². The van der Waals surface area contributed by atoms with Crippen molar-refractivity contribution in [3.8, 4) is 28.5 Å². The number of methoxy groups -OCH3 is 1. The van der Waals surface area contributed by atoms with Gasteiger partial charge < -0.3 is 19.5 Å². The molecule has 1 saturated carbocycles. The molecular weight excluding hydrogens is 458 g/mol. The second-order valence-electron chi connectivity index (χ2n) is 9.70. The molecule has 3 aromatic rings. The smallest absolute Gasteiger partial charge is 0.303 e. The van der Waals surface area contributed by atoms with Crippen LogP contribution in [0.3, 0.4) is 0 Å². The van der Waals surface area contributed by atoms with Crippen LogP contribution in [-0.4, -0.2) is 63.6 Å². The summed E-state index contributed by atoms with van der Waals surface area (Å²) in [5.74, 6) is 2.70. The summed E-state index contributed by atoms with van der Waals surface area (Å²) in [5.41, 5.74) is 1.81. The summed E-state index contributed by atoms with van der Waals surface area (Å²) in [6.45, 7) is 1.82. The summed E-state index contributed by atoms with van der Waals surface area (Å²) in [7, 11) is 1.65. The number of benzene rings is 1. The zero-order valence-corrected chi connectivity index (χ0v) is 20.6. The van der Waals surface area contributed by atoms with Crippen molar-refractivity contribution in [3.05, 3.63) is 42.6 Å². The number of nitrogens with zero attached hydrogens (tertiary/aromatic N) is 4. The van der Waals surface area contributed by atoms with Crippen molar-refractivity contribution in [2.45, 2.75) is 57.2 Å². The van der Waals surface area contributed by atoms with Crippen LogP contribution in [0, 0.1) is 5.92 Å². The molecule has 1 aliphatic carbocycles. The highest BCUT2D eigenvalue weighted by Crippen LogP contribution is 2.31. The van der Waals surface area contributed by atoms with Gasteiger partial charge in [-0.2, -0.15) is 5.10 Å². The minimum Gasteiger partial charge on any atom is -0.497 e. The van der Waals surface area contributed by atoms with E-state index in [0.29, 0.717) is 17.6 Å². The van der Waals surface area contributed by atoms with Gasteiger partial charge in [0, 0.05) is 36.8 Å². The monoisotopic (exact) mass is 491 g/mol. The number of aliphatic carboxylic acids is 1. The molecule has 2 N–H and O–H groups in total. The van der Waals surface area contributed by atoms with Gasteiger partial charge in [0.05, 0.1) is 19.3 Å². The van der Waals surface area contributed by atoms with Gasteiger partial charge in [0.1, 0.15) is 11.6 Å². The Morgan fingerprint density at radius 1 is 1.00 bits per heavy atom. The quantitative estimate of drug-likeness (QED) is 0.471. The summed E-state index contributed by atoms with van der Waals surface area (Å²) in [4.78, 5) is 22.5. The van der Waals surface area contributed by atoms with Crippen LogP contribution in [0.25, 0.3) is 22.8 Å². The van der Waals surface area contributed by atoms with E-state index in [-0.39, 0.29) is 18.6 Å². The number of hydrogen-bond acceptors (Lipinski definition) is 7. The number of carbonyl (C=O) groups is 1. The van der Waals surface area contributed by atoms with E-state index in [9.17, 15) is 4.79 Å². The standard InChI is InChI=1S/C27H33N5O4/c1-35-21-9-4-19(5-10-21)26-29-27(31-30-26)20-6-11-24(28-17-20)32-14-12-23(13-15-32)36-22-7-2-18(3-8-22)16-25(33)34/h4-6,9-11,17-18,22-23H,2-3,7-8,12-16H2,1H3,(H,33,34)(H,29,30,31). The highest BCUT2D eigenvalue weighted by atomic mass is 16.5. The van der Waals surface area contributed by atoms with E-state index in [1.54, 1.807) is 7.11 Å². The van der Waals surface area contributed by atoms with Crippen LogP contribution >= 0.6 is 0 Å². The third-order valence-corrected chi connectivity index (χ3v) is 7.26. The van der Waals surface area contributed by atoms with Gasteiger partial charge in [0.2, 0.25) is 0 Å². The summed E-state index contributed by atoms with van der Waals surface area (Å²) in [6.07, 6.45) is 8.47. The van der Waals surface area contributed by atoms with Crippen molar-refractivity contribution in [2.75, 3.05) is 25.1 Å². The predicted molar refractivity (Wildman–Crippen MR) is 136 cm³/mol. The summed E-state index contributed by atoms with van der Waals surface area (Å²) >= 11 is 0. The first-order chi connectivity index (χ1) is 17.6. The summed E-state index contributed by atoms with van der Waals surface area (Å²) in [5, 5.41) is 16.4. The Morgan fingerprint density at radius 3 is 2.33 bits per heavy atom. The number of carboxylic acid groups (broad SMARTS) is 1. The molecule has 2 fully saturated rings. The minimum atomic E-state index is -0.688. The van der Waals surface area contributed by atoms with Crippen LogP contribution in [0.2, 0.25) is 0 Å². The van der Waals surface area contributed by atoms with Gasteiger partial charge in [-0.05, 0) is 80.8 Å². The molecule has 9 nitrogen and oxygen atoms in total. The Hall–Kier alpha value is -3.46. The molecule has 9 heteroatoms. The number of pyridine rings is 1. The fourth-order valence-corrected chi connectivity index (χ4v) is 5.19. The fraction of sp³-hybridized carbons (Fsp3) is 0.481. The number of H-pyrrole nitrogens is 1. The normalized spacial score (nSPS) is 20.9. The van der Waals surface area contributed by atoms with Crippen molar-refractivity contribution >= 4 is 11.8 Å². The Labute approximate surface area is 210 Å². The number of anilines is 1. The van der Waals surface area contributed by atoms with E-state index >= 15 is 0 Å². The topological polar surface area (TPSA) is 113 Å². The van der Waals surface area contributed by atoms with Crippen molar-refractivity contribution in [1.82, 2.24) is 20.2 Å². The van der Waals surface area contributed by atoms with Crippen LogP contribution in [-0.2, 0) is 9.53 Å². The summed E-state index contributed by atoms with van der Waals surface area (Å²) in [6, 6.07) is 11.7. The average molecular weight is 492 g/mol. The highest BCUT2D eigenvalue weighted by molar-refractivity contribution is 5.67. The lowest BCUT2D eigenvalue weighted by Crippen LogP contribution is -2.39. The zero-order valence-electron chi connectivity index (χ0n) is 20.6. The first-order valence-electron chi connectivity index (χ1n) is 12.7. The van der Waals surface area contributed by atoms with Gasteiger partial charge in [0.25, 0.3) is 0 Å². The van der Waals surface area contributed by atoms with Gasteiger partial charge in [0.15, 0.2) is 11.6 Å². The molecule has 1 saturated heterocycles. The number of nitrogens with one attached hydrogen (secondary N) is 1. The third-order valence-electron chi connectivity index (χ3n) is 7.26. The molecule has 36 heavy (non-hydrogen) atoms. The van der Waals surface area contributed by atoms with Crippen LogP contribution in [0.15, 0.2) is 42.6 Å². The highest BCUT2D eigenvalue weighted by Gasteiger charge is 2.28. The average Bonchev–Trinajstić information content (AvgIpc) is 3.41. The number of hydrogen-bond donors (Lipinski definition) is 2. The zero-order chi connectivity index (χ0) is 24.9. The molecule has 2 aromatic heterocycles. The molecule has 2 aliphatic rings. The lowest BCUT2D eigenvalue weighted by atomic mass is 9.85. The van der Waals surface area contributed by atoms with E-state index in [0.717, 1.165) is 74.3 Å². The molecule has 0 unspecified atom stereocenters. The molecule has 1 aliphatic heterocycles. The van der Waals surface area contributed by atoms with E-state index in [4.69, 9.17) is 14.6 Å². The number of carboxylic acids is 1. The van der Waals surface area contributed by atoms with Gasteiger partial charge >= 0.3 is 5.97 Å². The number of aromatic amines is 1. The molecule has 190 valence electrons. The van der Waals surface area contributed by atoms with Crippen LogP contribution < -0.4 is 9.64 Å². The lowest BCUT2D eigenvalue weighted by Gasteiger charge is -2.36. The maximum atomic E-state index is 10.9. The van der Waals surface area contributed by atoms with E-state index in [2.05, 4.69) is 25.1 Å². The van der Waals surface area contributed by atoms with Crippen molar-refractivity contribution in [3.63, 3.8) is 0 Å². The molecule has 0 radical (unpaired) electrons. The second kappa shape index (κ2) is 11.1. The van der Waals surface area contributed by atoms with Gasteiger partial charge in [-0.1, -0.05) is 0 Å². The molecule has 5 rings (SSSR count). The minimum absolute atomic E-state index is 0.270. The molecule has 0 spiro atoms. The predicted octanol–water partition coefficient (Wildman–Crippen LogP) is 4.56. The summed E-state index contributed by atoms with van der Waals surface area (Å²) < 4.78 is 11.6. The SMILES string of the molecule is COc1ccc(-c2nc(-c3ccc(N4CCC(OC5CCC(CC(=O)O)CC5)CC4)nc3)n[nH]2)cc1. The van der Waals surface area contributed by atoms with E-state index < -0.39 is 5.97 Å². The third kappa shape index (κ3) is 5.84. The molecule has 3 heterocycles. The van der Waals surface area contributed by atoms with E-state index in [1.807, 2.05) is 42.6 Å². The van der Waals surface area contributed by atoms with Gasteiger partial charge in [-0.3, -0.25) is 9.89 Å². The van der Waals surface area contributed by atoms with Crippen molar-refractivity contribution in [1.29, 1.82) is 0 Å². The Kier molecular flexibility index (Phi) is 7.46. The second-order valence-corrected chi connectivity index (χ2v) is 9.70. The first-order valence-corrected chi connectivity index (χ1v) is 12.7. The number of piperidine rings is 1. The Balaban J connectivity index is 1.11. The number of ether oxygens (including phenoxy) is 2. The molecule has 0 amide bonds. The Bertz CT molecular complexity index is 1130. The molecule has 0 atom stereocenters. The fourth-order valence-electron chi connectivity index (χ4n) is 5.19. The molecule has 1 aromatic carbocycles. The largest absolute Gasteiger partial charge is 0.497 e. The lowest BCUT2D eigenvalue weighted by molar-refractivity contribution is -0.138. The van der Waals surface area contributed by atoms with Crippen LogP contribution in [0.1, 0.15) is 44.9 Å². The maximum absolute atomic E-state index is 10.9. The van der Waals surface area contributed by atoms with Crippen molar-refractivity contribution in [2.24, 2.45) is 5.92 Å². The first kappa shape index (κ1) is 24.2. The van der Waals surface area contributed by atoms with Crippen LogP contribution in [0.5, 0.6) is 5.75 Å².